The number of hydrogen-bond acceptors (Lipinski definition) is 1. The zero-order chi connectivity index (χ0) is 10.7. The summed E-state index contributed by atoms with van der Waals surface area (Å²) in [6.07, 6.45) is 0. The van der Waals surface area contributed by atoms with Gasteiger partial charge in [0.1, 0.15) is 12.4 Å². The maximum atomic E-state index is 5.63. The number of hydrogen-bond donors (Lipinski definition) is 0. The van der Waals surface area contributed by atoms with Crippen LogP contribution in [0.5, 0.6) is 5.75 Å². The fraction of sp³-hybridized carbons (Fsp3) is 0.0769. The minimum Gasteiger partial charge on any atom is -0.488 e. The van der Waals surface area contributed by atoms with Gasteiger partial charge in [0.05, 0.1) is 0 Å². The van der Waals surface area contributed by atoms with Gasteiger partial charge in [-0.05, 0) is 22.9 Å². The Morgan fingerprint density at radius 1 is 1.13 bits per heavy atom. The van der Waals surface area contributed by atoms with Gasteiger partial charge in [-0.3, -0.25) is 0 Å². The van der Waals surface area contributed by atoms with Crippen molar-refractivity contribution in [1.82, 2.24) is 0 Å². The van der Waals surface area contributed by atoms with Crippen LogP contribution in [0.1, 0.15) is 0 Å². The lowest BCUT2D eigenvalue weighted by Gasteiger charge is -2.05. The molecule has 1 nitrogen and oxygen atoms in total. The lowest BCUT2D eigenvalue weighted by atomic mass is 10.1. The van der Waals surface area contributed by atoms with Crippen LogP contribution >= 0.6 is 11.6 Å². The first-order valence-electron chi connectivity index (χ1n) is 4.70. The van der Waals surface area contributed by atoms with E-state index in [9.17, 15) is 0 Å². The van der Waals surface area contributed by atoms with Crippen LogP contribution in [0.25, 0.3) is 10.8 Å². The second kappa shape index (κ2) is 4.37. The monoisotopic (exact) mass is 218 g/mol. The molecule has 15 heavy (non-hydrogen) atoms. The highest BCUT2D eigenvalue weighted by atomic mass is 35.5. The van der Waals surface area contributed by atoms with Crippen molar-refractivity contribution in [3.63, 3.8) is 0 Å². The molecule has 76 valence electrons. The van der Waals surface area contributed by atoms with Crippen molar-refractivity contribution in [2.24, 2.45) is 0 Å². The van der Waals surface area contributed by atoms with Crippen LogP contribution in [-0.4, -0.2) is 6.61 Å². The van der Waals surface area contributed by atoms with E-state index >= 15 is 0 Å². The van der Waals surface area contributed by atoms with Gasteiger partial charge in [-0.25, -0.2) is 0 Å². The smallest absolute Gasteiger partial charge is 0.123 e. The topological polar surface area (TPSA) is 9.23 Å². The SMILES string of the molecule is C=C(Cl)COc1ccc2ccccc2c1. The molecule has 0 atom stereocenters. The van der Waals surface area contributed by atoms with Crippen molar-refractivity contribution in [2.75, 3.05) is 6.61 Å². The van der Waals surface area contributed by atoms with Gasteiger partial charge in [0.2, 0.25) is 0 Å². The van der Waals surface area contributed by atoms with Gasteiger partial charge in [0, 0.05) is 5.03 Å². The lowest BCUT2D eigenvalue weighted by Crippen LogP contribution is -1.95. The number of fused-ring (bicyclic) bond motifs is 1. The molecule has 0 saturated heterocycles. The average Bonchev–Trinajstić information content (AvgIpc) is 2.26. The first kappa shape index (κ1) is 10.1. The predicted octanol–water partition coefficient (Wildman–Crippen LogP) is 3.97. The molecule has 0 N–H and O–H groups in total. The van der Waals surface area contributed by atoms with E-state index in [0.29, 0.717) is 11.6 Å². The van der Waals surface area contributed by atoms with E-state index in [1.54, 1.807) is 0 Å². The van der Waals surface area contributed by atoms with Gasteiger partial charge < -0.3 is 4.74 Å². The van der Waals surface area contributed by atoms with Crippen molar-refractivity contribution < 1.29 is 4.74 Å². The third-order valence-corrected chi connectivity index (χ3v) is 2.23. The largest absolute Gasteiger partial charge is 0.488 e. The number of halogens is 1. The zero-order valence-corrected chi connectivity index (χ0v) is 9.00. The highest BCUT2D eigenvalue weighted by molar-refractivity contribution is 6.29. The van der Waals surface area contributed by atoms with Crippen molar-refractivity contribution >= 4 is 22.4 Å². The molecule has 2 heteroatoms. The molecular weight excluding hydrogens is 208 g/mol. The highest BCUT2D eigenvalue weighted by Gasteiger charge is 1.97. The number of benzene rings is 2. The molecule has 0 bridgehead atoms. The predicted molar refractivity (Wildman–Crippen MR) is 64.4 cm³/mol. The van der Waals surface area contributed by atoms with E-state index in [4.69, 9.17) is 16.3 Å². The Bertz CT molecular complexity index is 491. The van der Waals surface area contributed by atoms with Crippen LogP contribution in [0.3, 0.4) is 0 Å². The summed E-state index contributed by atoms with van der Waals surface area (Å²) in [7, 11) is 0. The van der Waals surface area contributed by atoms with Gasteiger partial charge in [-0.15, -0.1) is 0 Å². The van der Waals surface area contributed by atoms with Gasteiger partial charge in [0.25, 0.3) is 0 Å². The normalized spacial score (nSPS) is 10.2. The van der Waals surface area contributed by atoms with Crippen LogP contribution in [0.15, 0.2) is 54.1 Å². The fourth-order valence-corrected chi connectivity index (χ4v) is 1.47. The minimum absolute atomic E-state index is 0.347. The molecule has 0 aliphatic heterocycles. The summed E-state index contributed by atoms with van der Waals surface area (Å²) in [4.78, 5) is 0. The van der Waals surface area contributed by atoms with E-state index in [-0.39, 0.29) is 0 Å². The van der Waals surface area contributed by atoms with Gasteiger partial charge in [0.15, 0.2) is 0 Å². The molecule has 0 aromatic heterocycles. The molecule has 0 amide bonds. The third-order valence-electron chi connectivity index (χ3n) is 2.12. The van der Waals surface area contributed by atoms with Crippen molar-refractivity contribution in [1.29, 1.82) is 0 Å². The van der Waals surface area contributed by atoms with Crippen LogP contribution < -0.4 is 4.74 Å². The van der Waals surface area contributed by atoms with Gasteiger partial charge >= 0.3 is 0 Å². The molecule has 0 aliphatic rings. The molecular formula is C13H11ClO. The van der Waals surface area contributed by atoms with Crippen LogP contribution in [0, 0.1) is 0 Å². The van der Waals surface area contributed by atoms with Gasteiger partial charge in [-0.2, -0.15) is 0 Å². The summed E-state index contributed by atoms with van der Waals surface area (Å²) < 4.78 is 5.44. The van der Waals surface area contributed by atoms with Crippen molar-refractivity contribution in [3.8, 4) is 5.75 Å². The summed E-state index contributed by atoms with van der Waals surface area (Å²) in [6.45, 7) is 3.92. The second-order valence-electron chi connectivity index (χ2n) is 3.31. The zero-order valence-electron chi connectivity index (χ0n) is 8.24. The maximum absolute atomic E-state index is 5.63. The van der Waals surface area contributed by atoms with E-state index < -0.39 is 0 Å². The molecule has 0 spiro atoms. The van der Waals surface area contributed by atoms with E-state index in [2.05, 4.69) is 18.7 Å². The Kier molecular flexibility index (Phi) is 2.93. The summed E-state index contributed by atoms with van der Waals surface area (Å²) in [5, 5.41) is 2.87. The molecule has 2 aromatic carbocycles. The summed E-state index contributed by atoms with van der Waals surface area (Å²) in [5.41, 5.74) is 0. The molecule has 0 heterocycles. The third kappa shape index (κ3) is 2.51. The molecule has 0 saturated carbocycles. The molecule has 2 rings (SSSR count). The summed E-state index contributed by atoms with van der Waals surface area (Å²) in [5.74, 6) is 0.815. The molecule has 0 aliphatic carbocycles. The van der Waals surface area contributed by atoms with Crippen LogP contribution in [-0.2, 0) is 0 Å². The van der Waals surface area contributed by atoms with E-state index in [0.717, 1.165) is 11.1 Å². The molecule has 0 radical (unpaired) electrons. The molecule has 2 aromatic rings. The average molecular weight is 219 g/mol. The summed E-state index contributed by atoms with van der Waals surface area (Å²) in [6, 6.07) is 14.1. The van der Waals surface area contributed by atoms with E-state index in [1.807, 2.05) is 30.3 Å². The molecule has 0 fully saturated rings. The van der Waals surface area contributed by atoms with Gasteiger partial charge in [-0.1, -0.05) is 48.5 Å². The fourth-order valence-electron chi connectivity index (χ4n) is 1.42. The van der Waals surface area contributed by atoms with Crippen LogP contribution in [0.2, 0.25) is 0 Å². The Balaban J connectivity index is 2.26. The Morgan fingerprint density at radius 3 is 2.60 bits per heavy atom. The van der Waals surface area contributed by atoms with Crippen LogP contribution in [0.4, 0.5) is 0 Å². The first-order valence-corrected chi connectivity index (χ1v) is 5.08. The Morgan fingerprint density at radius 2 is 1.87 bits per heavy atom. The number of ether oxygens (including phenoxy) is 1. The number of rotatable bonds is 3. The second-order valence-corrected chi connectivity index (χ2v) is 3.85. The Labute approximate surface area is 93.9 Å². The Hall–Kier alpha value is -1.47. The summed E-state index contributed by atoms with van der Waals surface area (Å²) >= 11 is 5.63. The quantitative estimate of drug-likeness (QED) is 0.758. The standard InChI is InChI=1S/C13H11ClO/c1-10(14)9-15-13-7-6-11-4-2-3-5-12(11)8-13/h2-8H,1,9H2. The van der Waals surface area contributed by atoms with E-state index in [1.165, 1.54) is 5.39 Å². The maximum Gasteiger partial charge on any atom is 0.123 e. The van der Waals surface area contributed by atoms with Crippen molar-refractivity contribution in [3.05, 3.63) is 54.1 Å². The minimum atomic E-state index is 0.347. The first-order chi connectivity index (χ1) is 7.25. The van der Waals surface area contributed by atoms with Crippen molar-refractivity contribution in [2.45, 2.75) is 0 Å². The lowest BCUT2D eigenvalue weighted by molar-refractivity contribution is 0.360. The highest BCUT2D eigenvalue weighted by Crippen LogP contribution is 2.20. The molecule has 0 unspecified atom stereocenters.